The van der Waals surface area contributed by atoms with Crippen molar-refractivity contribution in [2.45, 2.75) is 6.18 Å². The number of nitrogens with two attached hydrogens (primary N) is 2. The molecule has 0 aliphatic heterocycles. The molecule has 0 fully saturated rings. The largest absolute Gasteiger partial charge is 0.454 e. The highest BCUT2D eigenvalue weighted by Crippen LogP contribution is 2.44. The second-order valence-electron chi connectivity index (χ2n) is 6.29. The summed E-state index contributed by atoms with van der Waals surface area (Å²) >= 11 is 0. The summed E-state index contributed by atoms with van der Waals surface area (Å²) in [5.74, 6) is -19.1. The van der Waals surface area contributed by atoms with Gasteiger partial charge in [-0.05, 0) is 0 Å². The molecular formula is C19H8F10N2O2. The Labute approximate surface area is 176 Å². The molecule has 4 nitrogen and oxygen atoms in total. The average molecular weight is 486 g/mol. The molecular weight excluding hydrogens is 478 g/mol. The Kier molecular flexibility index (Phi) is 5.96. The maximum Gasteiger partial charge on any atom is 0.422 e. The van der Waals surface area contributed by atoms with Crippen molar-refractivity contribution >= 4 is 11.4 Å². The standard InChI is InChI=1S/C19H8F10N2O2/c20-6-1-5(32-10-3-7(30)13(21)17(25)15(10)23)2-9(12(6)19(27,28)29)33-11-4-8(31)14(22)18(26)16(11)24/h1-4H,30-31H2. The van der Waals surface area contributed by atoms with E-state index in [1.165, 1.54) is 0 Å². The molecule has 0 atom stereocenters. The first-order valence-electron chi connectivity index (χ1n) is 8.34. The van der Waals surface area contributed by atoms with Crippen molar-refractivity contribution in [2.75, 3.05) is 11.5 Å². The number of nitrogen functional groups attached to an aromatic ring is 2. The van der Waals surface area contributed by atoms with Gasteiger partial charge in [0.15, 0.2) is 34.8 Å². The summed E-state index contributed by atoms with van der Waals surface area (Å²) in [4.78, 5) is 0. The zero-order valence-electron chi connectivity index (χ0n) is 15.6. The maximum absolute atomic E-state index is 14.3. The Balaban J connectivity index is 2.15. The van der Waals surface area contributed by atoms with Crippen LogP contribution in [0.15, 0.2) is 24.3 Å². The van der Waals surface area contributed by atoms with Crippen molar-refractivity contribution in [1.29, 1.82) is 0 Å². The van der Waals surface area contributed by atoms with Crippen LogP contribution in [0, 0.1) is 40.7 Å². The molecule has 176 valence electrons. The van der Waals surface area contributed by atoms with Gasteiger partial charge in [-0.3, -0.25) is 0 Å². The van der Waals surface area contributed by atoms with Crippen molar-refractivity contribution < 1.29 is 53.4 Å². The van der Waals surface area contributed by atoms with Crippen molar-refractivity contribution in [3.63, 3.8) is 0 Å². The summed E-state index contributed by atoms with van der Waals surface area (Å²) in [5, 5.41) is 0. The number of alkyl halides is 3. The van der Waals surface area contributed by atoms with Crippen LogP contribution >= 0.6 is 0 Å². The molecule has 4 N–H and O–H groups in total. The van der Waals surface area contributed by atoms with Gasteiger partial charge in [0.1, 0.15) is 22.9 Å². The second-order valence-corrected chi connectivity index (χ2v) is 6.29. The minimum atomic E-state index is -5.46. The van der Waals surface area contributed by atoms with Crippen molar-refractivity contribution in [2.24, 2.45) is 0 Å². The molecule has 0 aliphatic carbocycles. The number of anilines is 2. The SMILES string of the molecule is Nc1cc(Oc2cc(F)c(C(F)(F)F)c(Oc3cc(N)c(F)c(F)c3F)c2)c(F)c(F)c1F. The Morgan fingerprint density at radius 2 is 1.00 bits per heavy atom. The Morgan fingerprint density at radius 3 is 1.45 bits per heavy atom. The van der Waals surface area contributed by atoms with Gasteiger partial charge in [0.25, 0.3) is 0 Å². The smallest absolute Gasteiger partial charge is 0.422 e. The molecule has 0 amide bonds. The molecule has 0 bridgehead atoms. The van der Waals surface area contributed by atoms with E-state index in [9.17, 15) is 43.9 Å². The molecule has 0 spiro atoms. The Hall–Kier alpha value is -3.84. The molecule has 0 saturated carbocycles. The molecule has 14 heteroatoms. The molecule has 0 aliphatic rings. The van der Waals surface area contributed by atoms with Crippen LogP contribution in [0.2, 0.25) is 0 Å². The molecule has 3 rings (SSSR count). The van der Waals surface area contributed by atoms with E-state index in [2.05, 4.69) is 4.74 Å². The third-order valence-corrected chi connectivity index (χ3v) is 4.04. The van der Waals surface area contributed by atoms with Gasteiger partial charge in [-0.25, -0.2) is 22.0 Å². The monoisotopic (exact) mass is 486 g/mol. The van der Waals surface area contributed by atoms with E-state index in [1.807, 2.05) is 0 Å². The van der Waals surface area contributed by atoms with E-state index in [0.717, 1.165) is 0 Å². The lowest BCUT2D eigenvalue weighted by molar-refractivity contribution is -0.141. The first-order chi connectivity index (χ1) is 15.2. The summed E-state index contributed by atoms with van der Waals surface area (Å²) in [7, 11) is 0. The quantitative estimate of drug-likeness (QED) is 0.254. The zero-order chi connectivity index (χ0) is 24.8. The molecule has 3 aromatic carbocycles. The molecule has 3 aromatic rings. The van der Waals surface area contributed by atoms with Gasteiger partial charge in [-0.1, -0.05) is 0 Å². The highest BCUT2D eigenvalue weighted by atomic mass is 19.4. The molecule has 0 aromatic heterocycles. The lowest BCUT2D eigenvalue weighted by Gasteiger charge is -2.17. The summed E-state index contributed by atoms with van der Waals surface area (Å²) in [6, 6.07) is 1.02. The van der Waals surface area contributed by atoms with Crippen LogP contribution in [-0.4, -0.2) is 0 Å². The van der Waals surface area contributed by atoms with Gasteiger partial charge < -0.3 is 20.9 Å². The van der Waals surface area contributed by atoms with Gasteiger partial charge in [-0.15, -0.1) is 0 Å². The minimum absolute atomic E-state index is 0.0720. The van der Waals surface area contributed by atoms with Gasteiger partial charge in [0, 0.05) is 24.3 Å². The molecule has 0 unspecified atom stereocenters. The zero-order valence-corrected chi connectivity index (χ0v) is 15.6. The summed E-state index contributed by atoms with van der Waals surface area (Å²) in [6.45, 7) is 0. The lowest BCUT2D eigenvalue weighted by Crippen LogP contribution is -2.11. The number of ether oxygens (including phenoxy) is 2. The van der Waals surface area contributed by atoms with E-state index in [0.29, 0.717) is 6.07 Å². The van der Waals surface area contributed by atoms with Crippen molar-refractivity contribution in [3.05, 3.63) is 70.5 Å². The maximum atomic E-state index is 14.3. The minimum Gasteiger partial charge on any atom is -0.454 e. The van der Waals surface area contributed by atoms with Crippen LogP contribution in [0.4, 0.5) is 55.3 Å². The molecule has 0 heterocycles. The fraction of sp³-hybridized carbons (Fsp3) is 0.0526. The second kappa shape index (κ2) is 8.26. The number of halogens is 10. The predicted octanol–water partition coefficient (Wildman–Crippen LogP) is 6.43. The van der Waals surface area contributed by atoms with Crippen LogP contribution < -0.4 is 20.9 Å². The topological polar surface area (TPSA) is 70.5 Å². The molecule has 0 saturated heterocycles. The van der Waals surface area contributed by atoms with Crippen LogP contribution in [0.3, 0.4) is 0 Å². The normalized spacial score (nSPS) is 11.6. The van der Waals surface area contributed by atoms with E-state index in [4.69, 9.17) is 16.2 Å². The molecule has 0 radical (unpaired) electrons. The number of hydrogen-bond acceptors (Lipinski definition) is 4. The van der Waals surface area contributed by atoms with Gasteiger partial charge >= 0.3 is 6.18 Å². The van der Waals surface area contributed by atoms with Gasteiger partial charge in [0.05, 0.1) is 11.4 Å². The van der Waals surface area contributed by atoms with E-state index in [-0.39, 0.29) is 18.2 Å². The molecule has 33 heavy (non-hydrogen) atoms. The first-order valence-corrected chi connectivity index (χ1v) is 8.34. The summed E-state index contributed by atoms with van der Waals surface area (Å²) < 4.78 is 145. The fourth-order valence-electron chi connectivity index (χ4n) is 2.56. The van der Waals surface area contributed by atoms with E-state index in [1.54, 1.807) is 0 Å². The first kappa shape index (κ1) is 23.8. The Bertz CT molecular complexity index is 1260. The number of benzene rings is 3. The van der Waals surface area contributed by atoms with Crippen LogP contribution in [0.25, 0.3) is 0 Å². The van der Waals surface area contributed by atoms with Crippen LogP contribution in [0.1, 0.15) is 5.56 Å². The van der Waals surface area contributed by atoms with Crippen molar-refractivity contribution in [1.82, 2.24) is 0 Å². The Morgan fingerprint density at radius 1 is 0.545 bits per heavy atom. The predicted molar refractivity (Wildman–Crippen MR) is 93.0 cm³/mol. The van der Waals surface area contributed by atoms with Crippen molar-refractivity contribution in [3.8, 4) is 23.0 Å². The van der Waals surface area contributed by atoms with Gasteiger partial charge in [-0.2, -0.15) is 22.0 Å². The van der Waals surface area contributed by atoms with E-state index < -0.39 is 86.8 Å². The summed E-state index contributed by atoms with van der Waals surface area (Å²) in [6.07, 6.45) is -5.46. The van der Waals surface area contributed by atoms with E-state index >= 15 is 0 Å². The third-order valence-electron chi connectivity index (χ3n) is 4.04. The lowest BCUT2D eigenvalue weighted by atomic mass is 10.1. The summed E-state index contributed by atoms with van der Waals surface area (Å²) in [5.41, 5.74) is 6.06. The third kappa shape index (κ3) is 4.40. The number of rotatable bonds is 4. The highest BCUT2D eigenvalue weighted by molar-refractivity contribution is 5.52. The van der Waals surface area contributed by atoms with Crippen LogP contribution in [-0.2, 0) is 6.18 Å². The fourth-order valence-corrected chi connectivity index (χ4v) is 2.56. The van der Waals surface area contributed by atoms with Gasteiger partial charge in [0.2, 0.25) is 11.6 Å². The highest BCUT2D eigenvalue weighted by Gasteiger charge is 2.39. The van der Waals surface area contributed by atoms with Crippen LogP contribution in [0.5, 0.6) is 23.0 Å². The average Bonchev–Trinajstić information content (AvgIpc) is 2.71. The number of hydrogen-bond donors (Lipinski definition) is 2.